The number of aromatic nitrogens is 2. The summed E-state index contributed by atoms with van der Waals surface area (Å²) < 4.78 is 1.88. The molecule has 0 amide bonds. The molecule has 1 atom stereocenters. The van der Waals surface area contributed by atoms with Crippen molar-refractivity contribution < 1.29 is 5.11 Å². The van der Waals surface area contributed by atoms with E-state index in [1.54, 1.807) is 12.3 Å². The molecular formula is C12H15Cl2N3O. The number of halogens is 2. The Morgan fingerprint density at radius 3 is 2.78 bits per heavy atom. The highest BCUT2D eigenvalue weighted by Crippen LogP contribution is 2.28. The second-order valence-electron chi connectivity index (χ2n) is 3.89. The van der Waals surface area contributed by atoms with E-state index < -0.39 is 6.04 Å². The zero-order chi connectivity index (χ0) is 12.4. The van der Waals surface area contributed by atoms with E-state index in [2.05, 4.69) is 4.98 Å². The summed E-state index contributed by atoms with van der Waals surface area (Å²) in [5.41, 5.74) is 7.45. The number of nitrogens with zero attached hydrogens (tertiary/aromatic N) is 2. The lowest BCUT2D eigenvalue weighted by atomic mass is 10.0. The molecule has 2 aromatic rings. The first-order valence-corrected chi connectivity index (χ1v) is 5.65. The fourth-order valence-corrected chi connectivity index (χ4v) is 1.88. The van der Waals surface area contributed by atoms with Gasteiger partial charge in [-0.05, 0) is 17.7 Å². The molecule has 1 heterocycles. The highest BCUT2D eigenvalue weighted by molar-refractivity contribution is 6.33. The fourth-order valence-electron chi connectivity index (χ4n) is 1.68. The minimum absolute atomic E-state index is 0. The minimum atomic E-state index is -0.397. The molecule has 0 fully saturated rings. The van der Waals surface area contributed by atoms with Crippen LogP contribution in [-0.4, -0.2) is 21.3 Å². The van der Waals surface area contributed by atoms with Crippen LogP contribution in [0.2, 0.25) is 5.02 Å². The van der Waals surface area contributed by atoms with Crippen molar-refractivity contribution in [3.05, 3.63) is 41.2 Å². The van der Waals surface area contributed by atoms with Gasteiger partial charge in [0.15, 0.2) is 0 Å². The molecule has 0 radical (unpaired) electrons. The first-order valence-electron chi connectivity index (χ1n) is 5.27. The van der Waals surface area contributed by atoms with Crippen LogP contribution < -0.4 is 5.73 Å². The van der Waals surface area contributed by atoms with Crippen molar-refractivity contribution in [3.8, 4) is 11.4 Å². The van der Waals surface area contributed by atoms with Crippen molar-refractivity contribution in [2.45, 2.75) is 6.04 Å². The molecule has 98 valence electrons. The number of aliphatic hydroxyl groups excluding tert-OH is 1. The van der Waals surface area contributed by atoms with E-state index in [0.29, 0.717) is 5.02 Å². The smallest absolute Gasteiger partial charge is 0.141 e. The van der Waals surface area contributed by atoms with Crippen LogP contribution in [0.25, 0.3) is 11.4 Å². The Bertz CT molecular complexity index is 528. The molecular weight excluding hydrogens is 273 g/mol. The van der Waals surface area contributed by atoms with Crippen molar-refractivity contribution in [1.29, 1.82) is 0 Å². The molecule has 3 N–H and O–H groups in total. The van der Waals surface area contributed by atoms with Gasteiger partial charge in [-0.1, -0.05) is 17.7 Å². The molecule has 0 unspecified atom stereocenters. The van der Waals surface area contributed by atoms with Crippen LogP contribution >= 0.6 is 24.0 Å². The Hall–Kier alpha value is -1.07. The van der Waals surface area contributed by atoms with Crippen molar-refractivity contribution in [2.24, 2.45) is 12.8 Å². The van der Waals surface area contributed by atoms with Gasteiger partial charge in [0.05, 0.1) is 17.7 Å². The fraction of sp³-hybridized carbons (Fsp3) is 0.250. The van der Waals surface area contributed by atoms with Crippen molar-refractivity contribution in [1.82, 2.24) is 9.55 Å². The summed E-state index contributed by atoms with van der Waals surface area (Å²) in [7, 11) is 1.90. The van der Waals surface area contributed by atoms with Gasteiger partial charge < -0.3 is 15.4 Å². The highest BCUT2D eigenvalue weighted by atomic mass is 35.5. The first-order chi connectivity index (χ1) is 8.13. The normalized spacial score (nSPS) is 12.0. The van der Waals surface area contributed by atoms with Crippen molar-refractivity contribution in [3.63, 3.8) is 0 Å². The second-order valence-corrected chi connectivity index (χ2v) is 4.30. The molecule has 0 aliphatic rings. The quantitative estimate of drug-likeness (QED) is 0.909. The van der Waals surface area contributed by atoms with Gasteiger partial charge in [-0.25, -0.2) is 4.98 Å². The second kappa shape index (κ2) is 6.20. The number of aryl methyl sites for hydroxylation is 1. The third-order valence-electron chi connectivity index (χ3n) is 2.68. The monoisotopic (exact) mass is 287 g/mol. The molecule has 0 aliphatic carbocycles. The van der Waals surface area contributed by atoms with Crippen LogP contribution in [0.4, 0.5) is 0 Å². The Morgan fingerprint density at radius 2 is 2.22 bits per heavy atom. The summed E-state index contributed by atoms with van der Waals surface area (Å²) in [4.78, 5) is 4.25. The summed E-state index contributed by atoms with van der Waals surface area (Å²) >= 11 is 6.15. The average Bonchev–Trinajstić information content (AvgIpc) is 2.75. The molecule has 0 spiro atoms. The lowest BCUT2D eigenvalue weighted by molar-refractivity contribution is 0.268. The predicted octanol–water partition coefficient (Wildman–Crippen LogP) is 2.15. The van der Waals surface area contributed by atoms with E-state index in [1.165, 1.54) is 0 Å². The maximum absolute atomic E-state index is 9.05. The number of aliphatic hydroxyl groups is 1. The van der Waals surface area contributed by atoms with Crippen LogP contribution in [0.15, 0.2) is 30.6 Å². The van der Waals surface area contributed by atoms with Crippen LogP contribution in [0, 0.1) is 0 Å². The van der Waals surface area contributed by atoms with Crippen molar-refractivity contribution in [2.75, 3.05) is 6.61 Å². The van der Waals surface area contributed by atoms with E-state index in [1.807, 2.05) is 29.9 Å². The van der Waals surface area contributed by atoms with Crippen molar-refractivity contribution >= 4 is 24.0 Å². The standard InChI is InChI=1S/C12H14ClN3O.ClH/c1-16-5-4-15-12(16)9-6-8(11(14)7-17)2-3-10(9)13;/h2-6,11,17H,7,14H2,1H3;1H/t11-;/m1./s1. The van der Waals surface area contributed by atoms with Crippen LogP contribution in [0.1, 0.15) is 11.6 Å². The molecule has 18 heavy (non-hydrogen) atoms. The van der Waals surface area contributed by atoms with Gasteiger partial charge in [0.2, 0.25) is 0 Å². The largest absolute Gasteiger partial charge is 0.394 e. The predicted molar refractivity (Wildman–Crippen MR) is 74.9 cm³/mol. The molecule has 6 heteroatoms. The van der Waals surface area contributed by atoms with Crippen LogP contribution in [0.5, 0.6) is 0 Å². The van der Waals surface area contributed by atoms with Crippen LogP contribution in [0.3, 0.4) is 0 Å². The Balaban J connectivity index is 0.00000162. The molecule has 1 aromatic carbocycles. The Labute approximate surface area is 117 Å². The number of rotatable bonds is 3. The molecule has 0 saturated heterocycles. The highest BCUT2D eigenvalue weighted by Gasteiger charge is 2.12. The summed E-state index contributed by atoms with van der Waals surface area (Å²) in [6, 6.07) is 5.06. The average molecular weight is 288 g/mol. The van der Waals surface area contributed by atoms with E-state index in [-0.39, 0.29) is 19.0 Å². The van der Waals surface area contributed by atoms with Gasteiger partial charge in [-0.15, -0.1) is 12.4 Å². The third-order valence-corrected chi connectivity index (χ3v) is 3.01. The molecule has 4 nitrogen and oxygen atoms in total. The molecule has 2 rings (SSSR count). The zero-order valence-electron chi connectivity index (χ0n) is 9.88. The van der Waals surface area contributed by atoms with Crippen LogP contribution in [-0.2, 0) is 7.05 Å². The van der Waals surface area contributed by atoms with Gasteiger partial charge in [-0.2, -0.15) is 0 Å². The Morgan fingerprint density at radius 1 is 1.50 bits per heavy atom. The van der Waals surface area contributed by atoms with Gasteiger partial charge >= 0.3 is 0 Å². The maximum atomic E-state index is 9.05. The molecule has 0 saturated carbocycles. The number of benzene rings is 1. The van der Waals surface area contributed by atoms with Gasteiger partial charge in [0.1, 0.15) is 5.82 Å². The number of hydrogen-bond acceptors (Lipinski definition) is 3. The summed E-state index contributed by atoms with van der Waals surface area (Å²) in [6.07, 6.45) is 3.56. The first kappa shape index (κ1) is 15.0. The van der Waals surface area contributed by atoms with E-state index in [0.717, 1.165) is 17.0 Å². The SMILES string of the molecule is Cl.Cn1ccnc1-c1cc([C@H](N)CO)ccc1Cl. The lowest BCUT2D eigenvalue weighted by Gasteiger charge is -2.11. The number of hydrogen-bond donors (Lipinski definition) is 2. The van der Waals surface area contributed by atoms with Gasteiger partial charge in [-0.3, -0.25) is 0 Å². The van der Waals surface area contributed by atoms with Gasteiger partial charge in [0, 0.05) is 25.0 Å². The van der Waals surface area contributed by atoms with E-state index >= 15 is 0 Å². The summed E-state index contributed by atoms with van der Waals surface area (Å²) in [5.74, 6) is 0.780. The molecule has 1 aromatic heterocycles. The van der Waals surface area contributed by atoms with E-state index in [4.69, 9.17) is 22.4 Å². The maximum Gasteiger partial charge on any atom is 0.141 e. The lowest BCUT2D eigenvalue weighted by Crippen LogP contribution is -2.14. The molecule has 0 bridgehead atoms. The minimum Gasteiger partial charge on any atom is -0.394 e. The third kappa shape index (κ3) is 2.84. The Kier molecular flexibility index (Phi) is 5.16. The number of imidazole rings is 1. The molecule has 0 aliphatic heterocycles. The number of nitrogens with two attached hydrogens (primary N) is 1. The summed E-state index contributed by atoms with van der Waals surface area (Å²) in [5, 5.41) is 9.67. The zero-order valence-corrected chi connectivity index (χ0v) is 11.4. The van der Waals surface area contributed by atoms with E-state index in [9.17, 15) is 0 Å². The topological polar surface area (TPSA) is 64.1 Å². The summed E-state index contributed by atoms with van der Waals surface area (Å²) in [6.45, 7) is -0.0956. The van der Waals surface area contributed by atoms with Gasteiger partial charge in [0.25, 0.3) is 0 Å².